The average molecular weight is 343 g/mol. The van der Waals surface area contributed by atoms with Crippen LogP contribution in [0.15, 0.2) is 24.3 Å². The first-order valence-corrected chi connectivity index (χ1v) is 5.88. The van der Waals surface area contributed by atoms with E-state index in [9.17, 15) is 35.9 Å². The molecule has 0 radical (unpaired) electrons. The van der Waals surface area contributed by atoms with E-state index in [0.717, 1.165) is 18.2 Å². The normalized spacial score (nSPS) is 20.9. The molecule has 0 saturated heterocycles. The van der Waals surface area contributed by atoms with Gasteiger partial charge >= 0.3 is 24.2 Å². The number of carbonyl (C=O) groups excluding carboxylic acids is 1. The smallest absolute Gasteiger partial charge is 0.471 e. The maximum absolute atomic E-state index is 13.4. The molecule has 1 N–H and O–H groups in total. The summed E-state index contributed by atoms with van der Waals surface area (Å²) in [5.41, 5.74) is -4.79. The molecule has 2 rings (SSSR count). The molecule has 0 aromatic heterocycles. The summed E-state index contributed by atoms with van der Waals surface area (Å²) in [5, 5.41) is 8.68. The molecule has 1 aromatic carbocycles. The number of fused-ring (bicyclic) bond motifs is 1. The molecule has 0 fully saturated rings. The number of carboxylic acid groups (broad SMARTS) is 1. The van der Waals surface area contributed by atoms with Crippen molar-refractivity contribution in [1.82, 2.24) is 0 Å². The number of alkyl halides is 6. The van der Waals surface area contributed by atoms with Gasteiger partial charge in [-0.2, -0.15) is 26.3 Å². The monoisotopic (exact) mass is 343 g/mol. The zero-order valence-electron chi connectivity index (χ0n) is 10.9. The number of hydrogen-bond donors (Lipinski definition) is 1. The maximum atomic E-state index is 13.4. The molecule has 1 atom stereocenters. The lowest BCUT2D eigenvalue weighted by atomic mass is 10.1. The number of nitrogens with zero attached hydrogens (tertiary/aromatic N) is 1. The van der Waals surface area contributed by atoms with Crippen molar-refractivity contribution in [3.63, 3.8) is 0 Å². The highest BCUT2D eigenvalue weighted by Crippen LogP contribution is 2.52. The van der Waals surface area contributed by atoms with Crippen LogP contribution in [0.4, 0.5) is 32.0 Å². The molecule has 0 spiro atoms. The van der Waals surface area contributed by atoms with Gasteiger partial charge in [-0.25, -0.2) is 0 Å². The second-order valence-electron chi connectivity index (χ2n) is 4.56. The fourth-order valence-electron chi connectivity index (χ4n) is 2.16. The molecule has 1 heterocycles. The van der Waals surface area contributed by atoms with E-state index in [1.165, 1.54) is 6.07 Å². The highest BCUT2D eigenvalue weighted by molar-refractivity contribution is 6.01. The van der Waals surface area contributed by atoms with Gasteiger partial charge in [0.2, 0.25) is 0 Å². The number of anilines is 1. The third kappa shape index (κ3) is 2.66. The van der Waals surface area contributed by atoms with Crippen LogP contribution in [0.3, 0.4) is 0 Å². The minimum atomic E-state index is -5.66. The third-order valence-corrected chi connectivity index (χ3v) is 3.03. The highest BCUT2D eigenvalue weighted by Gasteiger charge is 2.70. The predicted octanol–water partition coefficient (Wildman–Crippen LogP) is 2.71. The number of ether oxygens (including phenoxy) is 1. The van der Waals surface area contributed by atoms with E-state index in [4.69, 9.17) is 5.11 Å². The Morgan fingerprint density at radius 1 is 1.13 bits per heavy atom. The Balaban J connectivity index is 2.70. The van der Waals surface area contributed by atoms with E-state index in [-0.39, 0.29) is 0 Å². The van der Waals surface area contributed by atoms with Gasteiger partial charge in [0, 0.05) is 0 Å². The van der Waals surface area contributed by atoms with Gasteiger partial charge in [0.05, 0.1) is 5.69 Å². The number of aliphatic carboxylic acids is 1. The van der Waals surface area contributed by atoms with Crippen LogP contribution in [0.1, 0.15) is 6.42 Å². The largest absolute Gasteiger partial charge is 0.481 e. The Morgan fingerprint density at radius 2 is 1.70 bits per heavy atom. The number of carbonyl (C=O) groups is 2. The van der Waals surface area contributed by atoms with Crippen LogP contribution < -0.4 is 9.64 Å². The number of carboxylic acids is 1. The van der Waals surface area contributed by atoms with Crippen LogP contribution in [0.2, 0.25) is 0 Å². The first kappa shape index (κ1) is 16.9. The zero-order chi connectivity index (χ0) is 17.6. The molecule has 11 heteroatoms. The molecule has 1 aliphatic rings. The van der Waals surface area contributed by atoms with Crippen molar-refractivity contribution < 1.29 is 45.8 Å². The van der Waals surface area contributed by atoms with Gasteiger partial charge in [-0.05, 0) is 12.1 Å². The molecule has 1 aromatic rings. The molecule has 126 valence electrons. The minimum absolute atomic E-state index is 0.677. The molecular formula is C12H7F6NO4. The van der Waals surface area contributed by atoms with Crippen LogP contribution in [0.25, 0.3) is 0 Å². The van der Waals surface area contributed by atoms with Crippen LogP contribution in [0, 0.1) is 0 Å². The van der Waals surface area contributed by atoms with E-state index in [2.05, 4.69) is 4.74 Å². The first-order valence-electron chi connectivity index (χ1n) is 5.88. The number of halogens is 6. The first-order chi connectivity index (χ1) is 10.4. The van der Waals surface area contributed by atoms with Gasteiger partial charge in [-0.1, -0.05) is 12.1 Å². The average Bonchev–Trinajstić information content (AvgIpc) is 2.70. The summed E-state index contributed by atoms with van der Waals surface area (Å²) in [4.78, 5) is 21.6. The van der Waals surface area contributed by atoms with Crippen LogP contribution in [0.5, 0.6) is 5.75 Å². The number of para-hydroxylation sites is 2. The van der Waals surface area contributed by atoms with E-state index in [1.807, 2.05) is 0 Å². The molecular weight excluding hydrogens is 336 g/mol. The molecule has 1 aliphatic heterocycles. The molecule has 5 nitrogen and oxygen atoms in total. The van der Waals surface area contributed by atoms with Gasteiger partial charge in [-0.15, -0.1) is 0 Å². The number of benzene rings is 1. The lowest BCUT2D eigenvalue weighted by molar-refractivity contribution is -0.249. The molecule has 0 bridgehead atoms. The van der Waals surface area contributed by atoms with Crippen LogP contribution in [-0.4, -0.2) is 35.1 Å². The van der Waals surface area contributed by atoms with Crippen molar-refractivity contribution in [2.24, 2.45) is 0 Å². The Labute approximate surface area is 124 Å². The predicted molar refractivity (Wildman–Crippen MR) is 61.6 cm³/mol. The second-order valence-corrected chi connectivity index (χ2v) is 4.56. The molecule has 1 unspecified atom stereocenters. The summed E-state index contributed by atoms with van der Waals surface area (Å²) in [6, 6.07) is 3.96. The van der Waals surface area contributed by atoms with E-state index >= 15 is 0 Å². The van der Waals surface area contributed by atoms with Gasteiger partial charge in [0.15, 0.2) is 0 Å². The van der Waals surface area contributed by atoms with Crippen molar-refractivity contribution in [3.8, 4) is 5.75 Å². The van der Waals surface area contributed by atoms with Gasteiger partial charge in [0.25, 0.3) is 5.72 Å². The standard InChI is InChI=1S/C12H7F6NO4/c13-11(14,15)9(22)19-6-3-1-2-4-7(6)23-10(19,5-8(20)21)12(16,17)18/h1-4H,5H2,(H,20,21). The number of amides is 1. The third-order valence-electron chi connectivity index (χ3n) is 3.03. The van der Waals surface area contributed by atoms with Gasteiger partial charge in [0.1, 0.15) is 12.2 Å². The Bertz CT molecular complexity index is 656. The summed E-state index contributed by atoms with van der Waals surface area (Å²) >= 11 is 0. The fraction of sp³-hybridized carbons (Fsp3) is 0.333. The Kier molecular flexibility index (Phi) is 3.70. The van der Waals surface area contributed by atoms with Crippen molar-refractivity contribution in [1.29, 1.82) is 0 Å². The summed E-state index contributed by atoms with van der Waals surface area (Å²) in [5.74, 6) is -5.64. The molecule has 23 heavy (non-hydrogen) atoms. The van der Waals surface area contributed by atoms with Crippen molar-refractivity contribution in [2.45, 2.75) is 24.5 Å². The van der Waals surface area contributed by atoms with Crippen molar-refractivity contribution in [3.05, 3.63) is 24.3 Å². The lowest BCUT2D eigenvalue weighted by Crippen LogP contribution is -2.65. The van der Waals surface area contributed by atoms with E-state index in [1.54, 1.807) is 0 Å². The number of hydrogen-bond acceptors (Lipinski definition) is 3. The molecule has 1 amide bonds. The van der Waals surface area contributed by atoms with E-state index in [0.29, 0.717) is 0 Å². The minimum Gasteiger partial charge on any atom is -0.481 e. The summed E-state index contributed by atoms with van der Waals surface area (Å²) < 4.78 is 82.8. The van der Waals surface area contributed by atoms with Crippen LogP contribution >= 0.6 is 0 Å². The SMILES string of the molecule is O=C(O)CC1(C(F)(F)F)Oc2ccccc2N1C(=O)C(F)(F)F. The summed E-state index contributed by atoms with van der Waals surface area (Å²) in [6.07, 6.45) is -13.2. The van der Waals surface area contributed by atoms with Gasteiger partial charge in [-0.3, -0.25) is 14.5 Å². The maximum Gasteiger partial charge on any atom is 0.471 e. The summed E-state index contributed by atoms with van der Waals surface area (Å²) in [7, 11) is 0. The second kappa shape index (κ2) is 5.03. The summed E-state index contributed by atoms with van der Waals surface area (Å²) in [6.45, 7) is 0. The zero-order valence-corrected chi connectivity index (χ0v) is 10.9. The van der Waals surface area contributed by atoms with Crippen molar-refractivity contribution >= 4 is 17.6 Å². The molecule has 0 aliphatic carbocycles. The Hall–Kier alpha value is -2.46. The fourth-order valence-corrected chi connectivity index (χ4v) is 2.16. The quantitative estimate of drug-likeness (QED) is 0.839. The van der Waals surface area contributed by atoms with Crippen LogP contribution in [-0.2, 0) is 9.59 Å². The lowest BCUT2D eigenvalue weighted by Gasteiger charge is -2.37. The molecule has 0 saturated carbocycles. The van der Waals surface area contributed by atoms with E-state index < -0.39 is 52.7 Å². The van der Waals surface area contributed by atoms with Gasteiger partial charge < -0.3 is 9.84 Å². The number of rotatable bonds is 2. The topological polar surface area (TPSA) is 66.8 Å². The highest BCUT2D eigenvalue weighted by atomic mass is 19.4. The Morgan fingerprint density at radius 3 is 2.17 bits per heavy atom. The van der Waals surface area contributed by atoms with Crippen molar-refractivity contribution in [2.75, 3.05) is 4.90 Å².